The number of nitriles is 1. The lowest BCUT2D eigenvalue weighted by Crippen LogP contribution is -2.21. The number of carbonyl (C=O) groups excluding carboxylic acids is 1. The molecule has 4 heteroatoms. The maximum absolute atomic E-state index is 12.9. The van der Waals surface area contributed by atoms with Gasteiger partial charge in [-0.2, -0.15) is 5.26 Å². The number of carbonyl (C=O) groups is 1. The average Bonchev–Trinajstić information content (AvgIpc) is 2.29. The standard InChI is InChI=1S/C13H15FN2O/c1-3-4-10(8-15)13(17)16-12-6-5-11(14)7-9(12)2/h5-7,10H,3-4H2,1-2H3,(H,16,17). The van der Waals surface area contributed by atoms with E-state index in [9.17, 15) is 9.18 Å². The number of benzene rings is 1. The molecule has 0 aromatic heterocycles. The van der Waals surface area contributed by atoms with Crippen molar-refractivity contribution in [3.05, 3.63) is 29.6 Å². The summed E-state index contributed by atoms with van der Waals surface area (Å²) < 4.78 is 12.9. The highest BCUT2D eigenvalue weighted by atomic mass is 19.1. The molecule has 1 rings (SSSR count). The fourth-order valence-corrected chi connectivity index (χ4v) is 1.53. The zero-order chi connectivity index (χ0) is 12.8. The van der Waals surface area contributed by atoms with Crippen LogP contribution in [-0.2, 0) is 4.79 Å². The van der Waals surface area contributed by atoms with E-state index >= 15 is 0 Å². The van der Waals surface area contributed by atoms with Gasteiger partial charge in [0.15, 0.2) is 0 Å². The number of hydrogen-bond acceptors (Lipinski definition) is 2. The summed E-state index contributed by atoms with van der Waals surface area (Å²) >= 11 is 0. The Morgan fingerprint density at radius 3 is 2.82 bits per heavy atom. The van der Waals surface area contributed by atoms with E-state index in [4.69, 9.17) is 5.26 Å². The molecule has 0 bridgehead atoms. The first kappa shape index (κ1) is 13.2. The quantitative estimate of drug-likeness (QED) is 0.870. The van der Waals surface area contributed by atoms with Gasteiger partial charge in [-0.05, 0) is 37.1 Å². The number of nitrogens with one attached hydrogen (secondary N) is 1. The lowest BCUT2D eigenvalue weighted by Gasteiger charge is -2.11. The van der Waals surface area contributed by atoms with Crippen LogP contribution < -0.4 is 5.32 Å². The molecule has 17 heavy (non-hydrogen) atoms. The Balaban J connectivity index is 2.77. The zero-order valence-corrected chi connectivity index (χ0v) is 9.96. The molecule has 0 saturated carbocycles. The summed E-state index contributed by atoms with van der Waals surface area (Å²) in [6.07, 6.45) is 1.30. The van der Waals surface area contributed by atoms with Gasteiger partial charge >= 0.3 is 0 Å². The summed E-state index contributed by atoms with van der Waals surface area (Å²) in [6.45, 7) is 3.63. The normalized spacial score (nSPS) is 11.6. The monoisotopic (exact) mass is 234 g/mol. The molecule has 0 aliphatic rings. The number of halogens is 1. The molecule has 90 valence electrons. The third-order valence-corrected chi connectivity index (χ3v) is 2.50. The second-order valence-corrected chi connectivity index (χ2v) is 3.92. The molecule has 1 aromatic rings. The predicted octanol–water partition coefficient (Wildman–Crippen LogP) is 3.01. The first-order valence-corrected chi connectivity index (χ1v) is 5.55. The van der Waals surface area contributed by atoms with E-state index in [0.29, 0.717) is 17.7 Å². The summed E-state index contributed by atoms with van der Waals surface area (Å²) in [5.41, 5.74) is 1.19. The van der Waals surface area contributed by atoms with Crippen molar-refractivity contribution in [2.45, 2.75) is 26.7 Å². The number of nitrogens with zero attached hydrogens (tertiary/aromatic N) is 1. The molecule has 0 saturated heterocycles. The molecule has 0 aliphatic carbocycles. The number of anilines is 1. The van der Waals surface area contributed by atoms with Gasteiger partial charge in [0.05, 0.1) is 6.07 Å². The zero-order valence-electron chi connectivity index (χ0n) is 9.96. The van der Waals surface area contributed by atoms with Crippen LogP contribution >= 0.6 is 0 Å². The van der Waals surface area contributed by atoms with Crippen LogP contribution in [0.2, 0.25) is 0 Å². The molecular formula is C13H15FN2O. The van der Waals surface area contributed by atoms with Gasteiger partial charge in [0, 0.05) is 5.69 Å². The van der Waals surface area contributed by atoms with Crippen LogP contribution in [0.4, 0.5) is 10.1 Å². The van der Waals surface area contributed by atoms with Crippen LogP contribution in [0.25, 0.3) is 0 Å². The van der Waals surface area contributed by atoms with Crippen LogP contribution in [-0.4, -0.2) is 5.91 Å². The van der Waals surface area contributed by atoms with Crippen molar-refractivity contribution in [1.29, 1.82) is 5.26 Å². The second-order valence-electron chi connectivity index (χ2n) is 3.92. The number of amides is 1. The molecule has 0 aliphatic heterocycles. The minimum absolute atomic E-state index is 0.330. The SMILES string of the molecule is CCCC(C#N)C(=O)Nc1ccc(F)cc1C. The van der Waals surface area contributed by atoms with Crippen molar-refractivity contribution < 1.29 is 9.18 Å². The van der Waals surface area contributed by atoms with Gasteiger partial charge in [-0.3, -0.25) is 4.79 Å². The molecule has 1 N–H and O–H groups in total. The van der Waals surface area contributed by atoms with Gasteiger partial charge in [0.1, 0.15) is 11.7 Å². The fourth-order valence-electron chi connectivity index (χ4n) is 1.53. The molecule has 1 atom stereocenters. The molecule has 1 aromatic carbocycles. The molecule has 1 amide bonds. The largest absolute Gasteiger partial charge is 0.325 e. The van der Waals surface area contributed by atoms with E-state index < -0.39 is 5.92 Å². The summed E-state index contributed by atoms with van der Waals surface area (Å²) in [6, 6.07) is 6.10. The summed E-state index contributed by atoms with van der Waals surface area (Å²) in [5.74, 6) is -1.32. The molecule has 0 spiro atoms. The van der Waals surface area contributed by atoms with Crippen molar-refractivity contribution in [2.24, 2.45) is 5.92 Å². The van der Waals surface area contributed by atoms with Crippen molar-refractivity contribution in [3.8, 4) is 6.07 Å². The highest BCUT2D eigenvalue weighted by Crippen LogP contribution is 2.17. The molecular weight excluding hydrogens is 219 g/mol. The van der Waals surface area contributed by atoms with Gasteiger partial charge in [0.25, 0.3) is 0 Å². The highest BCUT2D eigenvalue weighted by molar-refractivity contribution is 5.94. The van der Waals surface area contributed by atoms with Crippen LogP contribution in [0, 0.1) is 30.0 Å². The van der Waals surface area contributed by atoms with Crippen LogP contribution in [0.1, 0.15) is 25.3 Å². The minimum Gasteiger partial charge on any atom is -0.325 e. The Morgan fingerprint density at radius 2 is 2.29 bits per heavy atom. The Kier molecular flexibility index (Phi) is 4.65. The Bertz CT molecular complexity index is 451. The van der Waals surface area contributed by atoms with E-state index in [2.05, 4.69) is 5.32 Å². The van der Waals surface area contributed by atoms with Gasteiger partial charge in [-0.1, -0.05) is 13.3 Å². The molecule has 1 unspecified atom stereocenters. The first-order chi connectivity index (χ1) is 8.08. The van der Waals surface area contributed by atoms with Crippen molar-refractivity contribution >= 4 is 11.6 Å². The maximum atomic E-state index is 12.9. The van der Waals surface area contributed by atoms with E-state index in [-0.39, 0.29) is 11.7 Å². The third-order valence-electron chi connectivity index (χ3n) is 2.50. The topological polar surface area (TPSA) is 52.9 Å². The van der Waals surface area contributed by atoms with Crippen molar-refractivity contribution in [2.75, 3.05) is 5.32 Å². The molecule has 3 nitrogen and oxygen atoms in total. The van der Waals surface area contributed by atoms with Crippen molar-refractivity contribution in [3.63, 3.8) is 0 Å². The average molecular weight is 234 g/mol. The fraction of sp³-hybridized carbons (Fsp3) is 0.385. The molecule has 0 radical (unpaired) electrons. The van der Waals surface area contributed by atoms with Gasteiger partial charge in [0.2, 0.25) is 5.91 Å². The number of aryl methyl sites for hydroxylation is 1. The summed E-state index contributed by atoms with van der Waals surface area (Å²) in [4.78, 5) is 11.7. The van der Waals surface area contributed by atoms with Crippen LogP contribution in [0.3, 0.4) is 0 Å². The molecule has 0 fully saturated rings. The van der Waals surface area contributed by atoms with Crippen molar-refractivity contribution in [1.82, 2.24) is 0 Å². The Hall–Kier alpha value is -1.89. The first-order valence-electron chi connectivity index (χ1n) is 5.55. The van der Waals surface area contributed by atoms with E-state index in [1.54, 1.807) is 6.92 Å². The highest BCUT2D eigenvalue weighted by Gasteiger charge is 2.17. The number of rotatable bonds is 4. The second kappa shape index (κ2) is 6.00. The van der Waals surface area contributed by atoms with Crippen LogP contribution in [0.5, 0.6) is 0 Å². The molecule has 0 heterocycles. The lowest BCUT2D eigenvalue weighted by atomic mass is 10.0. The van der Waals surface area contributed by atoms with Gasteiger partial charge < -0.3 is 5.32 Å². The lowest BCUT2D eigenvalue weighted by molar-refractivity contribution is -0.118. The Morgan fingerprint density at radius 1 is 1.59 bits per heavy atom. The Labute approximate surface area is 100 Å². The van der Waals surface area contributed by atoms with E-state index in [0.717, 1.165) is 6.42 Å². The van der Waals surface area contributed by atoms with Gasteiger partial charge in [-0.25, -0.2) is 4.39 Å². The smallest absolute Gasteiger partial charge is 0.241 e. The van der Waals surface area contributed by atoms with Crippen LogP contribution in [0.15, 0.2) is 18.2 Å². The number of hydrogen-bond donors (Lipinski definition) is 1. The van der Waals surface area contributed by atoms with Gasteiger partial charge in [-0.15, -0.1) is 0 Å². The minimum atomic E-state index is -0.649. The van der Waals surface area contributed by atoms with E-state index in [1.165, 1.54) is 18.2 Å². The summed E-state index contributed by atoms with van der Waals surface area (Å²) in [7, 11) is 0. The summed E-state index contributed by atoms with van der Waals surface area (Å²) in [5, 5.41) is 11.5. The third kappa shape index (κ3) is 3.56. The van der Waals surface area contributed by atoms with E-state index in [1.807, 2.05) is 13.0 Å². The maximum Gasteiger partial charge on any atom is 0.241 e. The predicted molar refractivity (Wildman–Crippen MR) is 63.8 cm³/mol.